The van der Waals surface area contributed by atoms with Crippen LogP contribution in [0, 0.1) is 0 Å². The molecule has 0 bridgehead atoms. The third-order valence-corrected chi connectivity index (χ3v) is 3.59. The van der Waals surface area contributed by atoms with Gasteiger partial charge in [-0.15, -0.1) is 0 Å². The molecule has 0 saturated heterocycles. The van der Waals surface area contributed by atoms with E-state index in [0.29, 0.717) is 0 Å². The molecule has 0 radical (unpaired) electrons. The predicted molar refractivity (Wildman–Crippen MR) is 163 cm³/mol. The summed E-state index contributed by atoms with van der Waals surface area (Å²) >= 11 is 0. The van der Waals surface area contributed by atoms with E-state index in [1.165, 1.54) is 31.6 Å². The summed E-state index contributed by atoms with van der Waals surface area (Å²) in [4.78, 5) is 35.0. The molecule has 8 aromatic heterocycles. The Morgan fingerprint density at radius 2 is 1.02 bits per heavy atom. The zero-order valence-corrected chi connectivity index (χ0v) is 23.6. The van der Waals surface area contributed by atoms with Crippen LogP contribution in [0.4, 0.5) is 0 Å². The van der Waals surface area contributed by atoms with Crippen LogP contribution < -0.4 is 0 Å². The van der Waals surface area contributed by atoms with E-state index in [2.05, 4.69) is 74.7 Å². The van der Waals surface area contributed by atoms with Crippen molar-refractivity contribution in [2.24, 2.45) is 0 Å². The number of nitrogens with zero attached hydrogens (tertiary/aromatic N) is 11. The molecule has 0 aromatic carbocycles. The molecule has 0 atom stereocenters. The van der Waals surface area contributed by atoms with E-state index in [1.807, 2.05) is 54.9 Å². The summed E-state index contributed by atoms with van der Waals surface area (Å²) in [6, 6.07) is 15.0. The monoisotopic (exact) mass is 592 g/mol. The topological polar surface area (TPSA) is 202 Å². The van der Waals surface area contributed by atoms with Crippen LogP contribution in [0.5, 0.6) is 0 Å². The van der Waals surface area contributed by atoms with Crippen LogP contribution >= 0.6 is 0 Å². The average molecular weight is 593 g/mol. The first-order valence-corrected chi connectivity index (χ1v) is 12.6. The zero-order chi connectivity index (χ0) is 31.1. The molecule has 44 heavy (non-hydrogen) atoms. The van der Waals surface area contributed by atoms with Crippen LogP contribution in [0.3, 0.4) is 0 Å². The van der Waals surface area contributed by atoms with Crippen LogP contribution in [-0.2, 0) is 0 Å². The first kappa shape index (κ1) is 35.3. The van der Waals surface area contributed by atoms with Crippen LogP contribution in [0.25, 0.3) is 0 Å². The van der Waals surface area contributed by atoms with Gasteiger partial charge in [0.05, 0.1) is 12.5 Å². The zero-order valence-electron chi connectivity index (χ0n) is 23.6. The minimum absolute atomic E-state index is 1.38. The summed E-state index contributed by atoms with van der Waals surface area (Å²) in [7, 11) is 0. The smallest absolute Gasteiger partial charge is 0.180 e. The van der Waals surface area contributed by atoms with Gasteiger partial charge in [0.25, 0.3) is 0 Å². The van der Waals surface area contributed by atoms with E-state index in [-0.39, 0.29) is 0 Å². The molecule has 15 heteroatoms. The van der Waals surface area contributed by atoms with E-state index in [4.69, 9.17) is 0 Å². The highest BCUT2D eigenvalue weighted by molar-refractivity contribution is 4.88. The Balaban J connectivity index is 0.000000252. The molecule has 8 heterocycles. The maximum absolute atomic E-state index is 4.47. The third-order valence-electron chi connectivity index (χ3n) is 3.59. The molecule has 0 aliphatic carbocycles. The molecule has 0 saturated carbocycles. The summed E-state index contributed by atoms with van der Waals surface area (Å²) in [5, 5.41) is 13.1. The van der Waals surface area contributed by atoms with Crippen molar-refractivity contribution in [2.45, 2.75) is 0 Å². The van der Waals surface area contributed by atoms with Gasteiger partial charge in [-0.05, 0) is 42.5 Å². The van der Waals surface area contributed by atoms with Crippen molar-refractivity contribution in [1.29, 1.82) is 0 Å². The van der Waals surface area contributed by atoms with Gasteiger partial charge in [0.1, 0.15) is 25.2 Å². The van der Waals surface area contributed by atoms with Gasteiger partial charge in [-0.25, -0.2) is 24.9 Å². The molecule has 0 unspecified atom stereocenters. The van der Waals surface area contributed by atoms with Crippen LogP contribution in [0.2, 0.25) is 0 Å². The Morgan fingerprint density at radius 3 is 1.20 bits per heavy atom. The van der Waals surface area contributed by atoms with E-state index in [9.17, 15) is 0 Å². The molecule has 0 aliphatic rings. The van der Waals surface area contributed by atoms with Crippen LogP contribution in [0.15, 0.2) is 184 Å². The Hall–Kier alpha value is -6.77. The standard InChI is InChI=1S/C5H5N.3C4H4N2.C4H5N.C3H4N2.C3H3NO.C2H3N3/c1-2-4-6-5-3-1;1-2-6-4-3-5-1;1-2-5-4-6-3-1;1-2-4-6-5-3-1;1-2-4-5-3-1;2*1-2-5-3-4-1;1-3-2-5-4-1/h1-5H;3*1-4H;1-5H;1-3H,(H,4,5);1-3H;1-2H,(H,3,4,5). The number of oxazole rings is 1. The minimum Gasteiger partial charge on any atom is -0.452 e. The van der Waals surface area contributed by atoms with E-state index in [1.54, 1.807) is 93.0 Å². The van der Waals surface area contributed by atoms with Crippen molar-refractivity contribution in [2.75, 3.05) is 0 Å². The normalized spacial score (nSPS) is 8.00. The number of nitrogens with one attached hydrogen (secondary N) is 3. The van der Waals surface area contributed by atoms with Crippen molar-refractivity contribution < 1.29 is 4.42 Å². The molecule has 0 spiro atoms. The van der Waals surface area contributed by atoms with Crippen molar-refractivity contribution in [3.05, 3.63) is 179 Å². The predicted octanol–water partition coefficient (Wildman–Crippen LogP) is 4.42. The maximum atomic E-state index is 4.47. The lowest BCUT2D eigenvalue weighted by molar-refractivity contribution is 0.558. The summed E-state index contributed by atoms with van der Waals surface area (Å²) in [6.07, 6.45) is 34.5. The lowest BCUT2D eigenvalue weighted by Crippen LogP contribution is -1.69. The van der Waals surface area contributed by atoms with Crippen molar-refractivity contribution >= 4 is 0 Å². The molecule has 3 N–H and O–H groups in total. The van der Waals surface area contributed by atoms with Crippen molar-refractivity contribution in [1.82, 2.24) is 70.2 Å². The van der Waals surface area contributed by atoms with Gasteiger partial charge in [0.2, 0.25) is 0 Å². The van der Waals surface area contributed by atoms with Gasteiger partial charge in [-0.3, -0.25) is 20.1 Å². The largest absolute Gasteiger partial charge is 0.452 e. The van der Waals surface area contributed by atoms with E-state index < -0.39 is 0 Å². The van der Waals surface area contributed by atoms with E-state index in [0.717, 1.165) is 0 Å². The first-order chi connectivity index (χ1) is 22.0. The SMILES string of the molecule is c1c[nH]cn1.c1cc[nH]c1.c1ccncc1.c1ccnnc1.c1cnccn1.c1cncnc1.c1cocn1.c1nc[nH]n1. The summed E-state index contributed by atoms with van der Waals surface area (Å²) in [5.74, 6) is 0. The van der Waals surface area contributed by atoms with Gasteiger partial charge >= 0.3 is 0 Å². The highest BCUT2D eigenvalue weighted by Crippen LogP contribution is 1.74. The number of pyridine rings is 1. The van der Waals surface area contributed by atoms with Crippen LogP contribution in [-0.4, -0.2) is 70.2 Å². The van der Waals surface area contributed by atoms with Gasteiger partial charge in [-0.2, -0.15) is 15.3 Å². The Labute approximate surface area is 254 Å². The quantitative estimate of drug-likeness (QED) is 0.224. The van der Waals surface area contributed by atoms with Gasteiger partial charge in [0, 0.05) is 86.8 Å². The third kappa shape index (κ3) is 29.8. The lowest BCUT2D eigenvalue weighted by atomic mass is 10.5. The molecule has 0 fully saturated rings. The maximum Gasteiger partial charge on any atom is 0.180 e. The number of hydrogen-bond acceptors (Lipinski definition) is 12. The van der Waals surface area contributed by atoms with Gasteiger partial charge in [-0.1, -0.05) is 6.07 Å². The van der Waals surface area contributed by atoms with Gasteiger partial charge in [0.15, 0.2) is 6.39 Å². The highest BCUT2D eigenvalue weighted by atomic mass is 16.3. The van der Waals surface area contributed by atoms with E-state index >= 15 is 0 Å². The minimum atomic E-state index is 1.38. The number of aromatic amines is 3. The Morgan fingerprint density at radius 1 is 0.386 bits per heavy atom. The number of H-pyrrole nitrogens is 3. The van der Waals surface area contributed by atoms with Gasteiger partial charge < -0.3 is 14.4 Å². The van der Waals surface area contributed by atoms with Crippen molar-refractivity contribution in [3.63, 3.8) is 0 Å². The fourth-order valence-corrected chi connectivity index (χ4v) is 1.91. The fraction of sp³-hybridized carbons (Fsp3) is 0. The average Bonchev–Trinajstić information content (AvgIpc) is 4.00. The molecule has 224 valence electrons. The first-order valence-electron chi connectivity index (χ1n) is 12.6. The highest BCUT2D eigenvalue weighted by Gasteiger charge is 1.62. The Bertz CT molecular complexity index is 1020. The Kier molecular flexibility index (Phi) is 26.0. The second kappa shape index (κ2) is 32.4. The molecular formula is C29H32N14O. The molecule has 15 nitrogen and oxygen atoms in total. The summed E-state index contributed by atoms with van der Waals surface area (Å²) in [6.45, 7) is 0. The second-order valence-corrected chi connectivity index (χ2v) is 6.71. The number of hydrogen-bond donors (Lipinski definition) is 3. The molecule has 0 aliphatic heterocycles. The number of rotatable bonds is 0. The molecule has 8 rings (SSSR count). The number of imidazole rings is 1. The summed E-state index contributed by atoms with van der Waals surface area (Å²) < 4.78 is 4.47. The second-order valence-electron chi connectivity index (χ2n) is 6.71. The van der Waals surface area contributed by atoms with Crippen molar-refractivity contribution in [3.8, 4) is 0 Å². The number of aromatic nitrogens is 14. The lowest BCUT2D eigenvalue weighted by Gasteiger charge is -1.70. The molecule has 8 aromatic rings. The fourth-order valence-electron chi connectivity index (χ4n) is 1.91. The molecular weight excluding hydrogens is 560 g/mol. The van der Waals surface area contributed by atoms with Crippen LogP contribution in [0.1, 0.15) is 0 Å². The molecule has 0 amide bonds. The summed E-state index contributed by atoms with van der Waals surface area (Å²) in [5.41, 5.74) is 0.